The summed E-state index contributed by atoms with van der Waals surface area (Å²) in [5.41, 5.74) is 0.330. The molecule has 0 aliphatic rings. The van der Waals surface area contributed by atoms with Gasteiger partial charge < -0.3 is 10.4 Å². The van der Waals surface area contributed by atoms with Crippen molar-refractivity contribution in [1.29, 1.82) is 0 Å². The Morgan fingerprint density at radius 1 is 1.31 bits per heavy atom. The third-order valence-electron chi connectivity index (χ3n) is 2.35. The van der Waals surface area contributed by atoms with Crippen LogP contribution in [0, 0.1) is 0 Å². The van der Waals surface area contributed by atoms with Gasteiger partial charge in [-0.15, -0.1) is 4.48 Å². The number of quaternary nitrogens is 1. The minimum Gasteiger partial charge on any atom is -0.435 e. The number of benzene rings is 1. The van der Waals surface area contributed by atoms with Gasteiger partial charge in [-0.3, -0.25) is 0 Å². The van der Waals surface area contributed by atoms with Gasteiger partial charge in [-0.1, -0.05) is 11.6 Å². The lowest BCUT2D eigenvalue weighted by Gasteiger charge is -2.23. The van der Waals surface area contributed by atoms with Crippen LogP contribution in [0.5, 0.6) is 0 Å². The van der Waals surface area contributed by atoms with Crippen LogP contribution >= 0.6 is 11.6 Å². The lowest BCUT2D eigenvalue weighted by molar-refractivity contribution is 0.157. The van der Waals surface area contributed by atoms with Gasteiger partial charge in [0.15, 0.2) is 5.69 Å². The third-order valence-corrected chi connectivity index (χ3v) is 2.60. The number of hydrogen-bond donors (Lipinski definition) is 2. The monoisotopic (exact) mass is 243 g/mol. The highest BCUT2D eigenvalue weighted by Crippen LogP contribution is 2.23. The van der Waals surface area contributed by atoms with Crippen LogP contribution in [0.25, 0.3) is 0 Å². The van der Waals surface area contributed by atoms with Crippen molar-refractivity contribution in [3.05, 3.63) is 29.3 Å². The van der Waals surface area contributed by atoms with Crippen LogP contribution < -0.4 is 9.80 Å². The Kier molecular flexibility index (Phi) is 3.51. The minimum atomic E-state index is -1.26. The van der Waals surface area contributed by atoms with Crippen LogP contribution in [0.15, 0.2) is 24.3 Å². The molecule has 1 aromatic carbocycles. The first kappa shape index (κ1) is 12.5. The van der Waals surface area contributed by atoms with Crippen LogP contribution in [0.2, 0.25) is 5.02 Å². The number of urea groups is 1. The number of nitrogens with one attached hydrogen (secondary N) is 1. The van der Waals surface area contributed by atoms with E-state index in [1.165, 1.54) is 26.2 Å². The molecule has 0 saturated heterocycles. The number of nitrogens with zero attached hydrogens (tertiary/aromatic N) is 1. The fourth-order valence-corrected chi connectivity index (χ4v) is 1.40. The standard InChI is InChI=1S/C10H11ClN2O3/c1-12-9(14)13(2,10(15)16)8-5-3-7(11)4-6-8/h3-6H,1-2H3,(H-,12,14,15,16)/p+1. The first-order valence-electron chi connectivity index (χ1n) is 4.51. The zero-order chi connectivity index (χ0) is 12.3. The molecule has 1 aromatic rings. The van der Waals surface area contributed by atoms with Crippen molar-refractivity contribution in [3.8, 4) is 0 Å². The van der Waals surface area contributed by atoms with Crippen molar-refractivity contribution < 1.29 is 14.7 Å². The molecule has 86 valence electrons. The average Bonchev–Trinajstić information content (AvgIpc) is 2.27. The fourth-order valence-electron chi connectivity index (χ4n) is 1.28. The Bertz CT molecular complexity index is 419. The predicted octanol–water partition coefficient (Wildman–Crippen LogP) is 2.29. The molecule has 0 fully saturated rings. The van der Waals surface area contributed by atoms with E-state index in [0.29, 0.717) is 10.7 Å². The summed E-state index contributed by atoms with van der Waals surface area (Å²) in [6.45, 7) is 0. The number of halogens is 1. The second kappa shape index (κ2) is 4.51. The van der Waals surface area contributed by atoms with Gasteiger partial charge in [-0.05, 0) is 12.1 Å². The zero-order valence-corrected chi connectivity index (χ0v) is 9.65. The van der Waals surface area contributed by atoms with Gasteiger partial charge in [0.25, 0.3) is 0 Å². The van der Waals surface area contributed by atoms with Crippen LogP contribution in [-0.4, -0.2) is 31.3 Å². The minimum absolute atomic E-state index is 0.330. The molecular weight excluding hydrogens is 232 g/mol. The van der Waals surface area contributed by atoms with E-state index < -0.39 is 16.6 Å². The van der Waals surface area contributed by atoms with Gasteiger partial charge >= 0.3 is 12.1 Å². The number of rotatable bonds is 1. The van der Waals surface area contributed by atoms with Gasteiger partial charge in [-0.2, -0.15) is 4.79 Å². The SMILES string of the molecule is CNC(=O)[N+](C)(C(=O)O)c1ccc(Cl)cc1. The number of carbonyl (C=O) groups is 2. The Morgan fingerprint density at radius 2 is 1.81 bits per heavy atom. The lowest BCUT2D eigenvalue weighted by Crippen LogP contribution is -2.58. The second-order valence-corrected chi connectivity index (χ2v) is 3.76. The van der Waals surface area contributed by atoms with Gasteiger partial charge in [0, 0.05) is 24.2 Å². The summed E-state index contributed by atoms with van der Waals surface area (Å²) in [7, 11) is 2.68. The highest BCUT2D eigenvalue weighted by atomic mass is 35.5. The first-order valence-corrected chi connectivity index (χ1v) is 4.89. The molecular formula is C10H12ClN2O3+. The molecule has 1 rings (SSSR count). The van der Waals surface area contributed by atoms with Crippen molar-refractivity contribution in [3.63, 3.8) is 0 Å². The molecule has 1 unspecified atom stereocenters. The molecule has 0 aromatic heterocycles. The summed E-state index contributed by atoms with van der Waals surface area (Å²) in [6, 6.07) is 5.46. The van der Waals surface area contributed by atoms with Crippen molar-refractivity contribution in [2.24, 2.45) is 0 Å². The number of hydrogen-bond acceptors (Lipinski definition) is 2. The largest absolute Gasteiger partial charge is 0.527 e. The molecule has 16 heavy (non-hydrogen) atoms. The summed E-state index contributed by atoms with van der Waals surface area (Å²) in [5, 5.41) is 11.9. The number of imide groups is 1. The third kappa shape index (κ3) is 2.00. The summed E-state index contributed by atoms with van der Waals surface area (Å²) in [4.78, 5) is 22.8. The summed E-state index contributed by atoms with van der Waals surface area (Å²) in [6.07, 6.45) is -1.26. The van der Waals surface area contributed by atoms with Crippen LogP contribution in [0.1, 0.15) is 0 Å². The zero-order valence-electron chi connectivity index (χ0n) is 8.90. The number of amides is 3. The van der Waals surface area contributed by atoms with Gasteiger partial charge in [-0.25, -0.2) is 4.79 Å². The maximum atomic E-state index is 11.6. The summed E-state index contributed by atoms with van der Waals surface area (Å²) in [5.74, 6) is 0. The van der Waals surface area contributed by atoms with Gasteiger partial charge in [0.2, 0.25) is 0 Å². The molecule has 6 heteroatoms. The molecule has 5 nitrogen and oxygen atoms in total. The molecule has 3 amide bonds. The van der Waals surface area contributed by atoms with Crippen molar-refractivity contribution in [2.45, 2.75) is 0 Å². The second-order valence-electron chi connectivity index (χ2n) is 3.32. The molecule has 1 atom stereocenters. The summed E-state index contributed by atoms with van der Waals surface area (Å²) >= 11 is 5.70. The number of carbonyl (C=O) groups excluding carboxylic acids is 1. The van der Waals surface area contributed by atoms with E-state index in [0.717, 1.165) is 0 Å². The molecule has 0 aliphatic heterocycles. The number of carboxylic acid groups (broad SMARTS) is 1. The molecule has 0 heterocycles. The highest BCUT2D eigenvalue weighted by molar-refractivity contribution is 6.30. The molecule has 2 N–H and O–H groups in total. The van der Waals surface area contributed by atoms with Crippen LogP contribution in [0.4, 0.5) is 15.3 Å². The van der Waals surface area contributed by atoms with Crippen LogP contribution in [-0.2, 0) is 0 Å². The quantitative estimate of drug-likeness (QED) is 0.744. The molecule has 0 bridgehead atoms. The van der Waals surface area contributed by atoms with Gasteiger partial charge in [0.05, 0.1) is 7.05 Å². The Balaban J connectivity index is 3.27. The maximum Gasteiger partial charge on any atom is 0.527 e. The average molecular weight is 244 g/mol. The predicted molar refractivity (Wildman–Crippen MR) is 61.7 cm³/mol. The van der Waals surface area contributed by atoms with E-state index in [2.05, 4.69) is 5.32 Å². The topological polar surface area (TPSA) is 66.4 Å². The normalized spacial score (nSPS) is 13.9. The van der Waals surface area contributed by atoms with Crippen molar-refractivity contribution >= 4 is 29.4 Å². The van der Waals surface area contributed by atoms with E-state index in [4.69, 9.17) is 16.7 Å². The van der Waals surface area contributed by atoms with E-state index in [-0.39, 0.29) is 0 Å². The molecule has 0 aliphatic carbocycles. The lowest BCUT2D eigenvalue weighted by atomic mass is 10.2. The van der Waals surface area contributed by atoms with Crippen molar-refractivity contribution in [2.75, 3.05) is 14.1 Å². The molecule has 0 radical (unpaired) electrons. The Hall–Kier alpha value is -1.59. The Morgan fingerprint density at radius 3 is 2.19 bits per heavy atom. The molecule has 0 saturated carbocycles. The summed E-state index contributed by atoms with van der Waals surface area (Å²) < 4.78 is -0.867. The fraction of sp³-hybridized carbons (Fsp3) is 0.200. The van der Waals surface area contributed by atoms with E-state index in [1.807, 2.05) is 0 Å². The smallest absolute Gasteiger partial charge is 0.435 e. The maximum absolute atomic E-state index is 11.6. The van der Waals surface area contributed by atoms with Crippen molar-refractivity contribution in [1.82, 2.24) is 9.80 Å². The first-order chi connectivity index (χ1) is 7.42. The Labute approximate surface area is 97.8 Å². The van der Waals surface area contributed by atoms with Crippen LogP contribution in [0.3, 0.4) is 0 Å². The van der Waals surface area contributed by atoms with E-state index in [1.54, 1.807) is 12.1 Å². The van der Waals surface area contributed by atoms with E-state index in [9.17, 15) is 9.59 Å². The molecule has 0 spiro atoms. The van der Waals surface area contributed by atoms with Gasteiger partial charge in [0.1, 0.15) is 0 Å². The van der Waals surface area contributed by atoms with E-state index >= 15 is 0 Å². The highest BCUT2D eigenvalue weighted by Gasteiger charge is 2.42.